The van der Waals surface area contributed by atoms with Crippen LogP contribution in [0.2, 0.25) is 0 Å². The lowest BCUT2D eigenvalue weighted by Gasteiger charge is -2.21. The van der Waals surface area contributed by atoms with Gasteiger partial charge in [0.1, 0.15) is 12.1 Å². The van der Waals surface area contributed by atoms with E-state index < -0.39 is 40.0 Å². The van der Waals surface area contributed by atoms with Gasteiger partial charge in [-0.3, -0.25) is 14.5 Å². The van der Waals surface area contributed by atoms with Crippen molar-refractivity contribution in [1.29, 1.82) is 0 Å². The van der Waals surface area contributed by atoms with Gasteiger partial charge in [-0.2, -0.15) is 0 Å². The lowest BCUT2D eigenvalue weighted by atomic mass is 9.94. The number of hydrogen-bond donors (Lipinski definition) is 3. The molecule has 0 bridgehead atoms. The molecular formula is C17H20N4O5S. The molecule has 1 spiro atoms. The van der Waals surface area contributed by atoms with Gasteiger partial charge in [-0.1, -0.05) is 12.2 Å². The smallest absolute Gasteiger partial charge is 0.325 e. The van der Waals surface area contributed by atoms with E-state index in [1.165, 1.54) is 24.3 Å². The topological polar surface area (TPSA) is 139 Å². The third kappa shape index (κ3) is 4.01. The fourth-order valence-corrected chi connectivity index (χ4v) is 3.69. The molecule has 0 aromatic heterocycles. The van der Waals surface area contributed by atoms with Crippen molar-refractivity contribution in [3.05, 3.63) is 36.4 Å². The van der Waals surface area contributed by atoms with Gasteiger partial charge in [-0.25, -0.2) is 18.4 Å². The summed E-state index contributed by atoms with van der Waals surface area (Å²) in [5.74, 6) is -1.01. The predicted molar refractivity (Wildman–Crippen MR) is 97.0 cm³/mol. The van der Waals surface area contributed by atoms with Crippen LogP contribution in [0.4, 0.5) is 10.5 Å². The SMILES string of the molecule is NS(=O)(=O)c1ccc(NC(=O)CN2C(=O)N[C@]3(C=CCCCC3)C2=O)cc1. The van der Waals surface area contributed by atoms with E-state index in [9.17, 15) is 22.8 Å². The van der Waals surface area contributed by atoms with Gasteiger partial charge in [0.05, 0.1) is 4.90 Å². The van der Waals surface area contributed by atoms with Gasteiger partial charge in [-0.05, 0) is 49.9 Å². The fourth-order valence-electron chi connectivity index (χ4n) is 3.18. The summed E-state index contributed by atoms with van der Waals surface area (Å²) in [6.07, 6.45) is 6.68. The molecule has 27 heavy (non-hydrogen) atoms. The van der Waals surface area contributed by atoms with Crippen molar-refractivity contribution in [3.63, 3.8) is 0 Å². The Morgan fingerprint density at radius 3 is 2.59 bits per heavy atom. The highest BCUT2D eigenvalue weighted by Crippen LogP contribution is 2.28. The third-order valence-corrected chi connectivity index (χ3v) is 5.49. The van der Waals surface area contributed by atoms with Gasteiger partial charge in [0.15, 0.2) is 0 Å². The zero-order valence-electron chi connectivity index (χ0n) is 14.5. The number of nitrogens with zero attached hydrogens (tertiary/aromatic N) is 1. The van der Waals surface area contributed by atoms with Crippen LogP contribution in [-0.2, 0) is 19.6 Å². The fraction of sp³-hybridized carbons (Fsp3) is 0.353. The van der Waals surface area contributed by atoms with Gasteiger partial charge < -0.3 is 10.6 Å². The first-order valence-electron chi connectivity index (χ1n) is 8.46. The summed E-state index contributed by atoms with van der Waals surface area (Å²) in [5.41, 5.74) is -0.742. The second-order valence-electron chi connectivity index (χ2n) is 6.56. The monoisotopic (exact) mass is 392 g/mol. The minimum Gasteiger partial charge on any atom is -0.325 e. The maximum atomic E-state index is 12.7. The van der Waals surface area contributed by atoms with Crippen molar-refractivity contribution in [1.82, 2.24) is 10.2 Å². The van der Waals surface area contributed by atoms with Gasteiger partial charge in [-0.15, -0.1) is 0 Å². The first-order valence-corrected chi connectivity index (χ1v) is 10.0. The molecule has 0 saturated carbocycles. The Bertz CT molecular complexity index is 910. The van der Waals surface area contributed by atoms with Crippen molar-refractivity contribution in [2.45, 2.75) is 36.1 Å². The third-order valence-electron chi connectivity index (χ3n) is 4.56. The van der Waals surface area contributed by atoms with Crippen LogP contribution >= 0.6 is 0 Å². The Labute approximate surface area is 156 Å². The summed E-state index contributed by atoms with van der Waals surface area (Å²) in [7, 11) is -3.83. The maximum absolute atomic E-state index is 12.7. The van der Waals surface area contributed by atoms with Crippen LogP contribution < -0.4 is 15.8 Å². The molecule has 0 unspecified atom stereocenters. The summed E-state index contributed by atoms with van der Waals surface area (Å²) in [6, 6.07) is 4.65. The van der Waals surface area contributed by atoms with E-state index in [4.69, 9.17) is 5.14 Å². The van der Waals surface area contributed by atoms with Crippen molar-refractivity contribution in [2.75, 3.05) is 11.9 Å². The normalized spacial score (nSPS) is 22.6. The van der Waals surface area contributed by atoms with Crippen LogP contribution in [0.25, 0.3) is 0 Å². The molecule has 3 rings (SSSR count). The molecule has 10 heteroatoms. The molecule has 1 aromatic rings. The minimum absolute atomic E-state index is 0.0864. The molecule has 144 valence electrons. The molecular weight excluding hydrogens is 372 g/mol. The number of hydrogen-bond acceptors (Lipinski definition) is 5. The maximum Gasteiger partial charge on any atom is 0.325 e. The number of imide groups is 1. The van der Waals surface area contributed by atoms with Crippen LogP contribution in [0, 0.1) is 0 Å². The summed E-state index contributed by atoms with van der Waals surface area (Å²) in [5, 5.41) is 10.2. The summed E-state index contributed by atoms with van der Waals surface area (Å²) < 4.78 is 22.5. The van der Waals surface area contributed by atoms with Gasteiger partial charge in [0.2, 0.25) is 15.9 Å². The largest absolute Gasteiger partial charge is 0.325 e. The number of benzene rings is 1. The van der Waals surface area contributed by atoms with Crippen molar-refractivity contribution in [2.24, 2.45) is 5.14 Å². The molecule has 1 heterocycles. The Morgan fingerprint density at radius 1 is 1.22 bits per heavy atom. The van der Waals surface area contributed by atoms with Crippen molar-refractivity contribution < 1.29 is 22.8 Å². The van der Waals surface area contributed by atoms with E-state index in [2.05, 4.69) is 10.6 Å². The number of urea groups is 1. The molecule has 1 aliphatic heterocycles. The first kappa shape index (κ1) is 19.1. The number of rotatable bonds is 4. The lowest BCUT2D eigenvalue weighted by molar-refractivity contribution is -0.132. The number of allylic oxidation sites excluding steroid dienone is 1. The van der Waals surface area contributed by atoms with Gasteiger partial charge >= 0.3 is 6.03 Å². The number of nitrogens with two attached hydrogens (primary N) is 1. The van der Waals surface area contributed by atoms with Gasteiger partial charge in [0, 0.05) is 5.69 Å². The molecule has 1 aromatic carbocycles. The van der Waals surface area contributed by atoms with Crippen LogP contribution in [0.1, 0.15) is 25.7 Å². The Morgan fingerprint density at radius 2 is 1.93 bits per heavy atom. The lowest BCUT2D eigenvalue weighted by Crippen LogP contribution is -2.45. The average molecular weight is 392 g/mol. The number of anilines is 1. The molecule has 1 saturated heterocycles. The van der Waals surface area contributed by atoms with Crippen LogP contribution in [0.5, 0.6) is 0 Å². The second-order valence-corrected chi connectivity index (χ2v) is 8.12. The number of amides is 4. The average Bonchev–Trinajstić information content (AvgIpc) is 2.77. The Hall–Kier alpha value is -2.72. The molecule has 1 atom stereocenters. The molecule has 4 amide bonds. The number of nitrogens with one attached hydrogen (secondary N) is 2. The van der Waals surface area contributed by atoms with E-state index in [1.807, 2.05) is 6.08 Å². The van der Waals surface area contributed by atoms with Crippen LogP contribution in [0.15, 0.2) is 41.3 Å². The van der Waals surface area contributed by atoms with Crippen molar-refractivity contribution >= 4 is 33.6 Å². The minimum atomic E-state index is -3.83. The number of sulfonamides is 1. The quantitative estimate of drug-likeness (QED) is 0.511. The standard InChI is InChI=1S/C17H20N4O5S/c18-27(25,26)13-7-5-12(6-8-13)19-14(22)11-21-15(23)17(20-16(21)24)9-3-1-2-4-10-17/h3,5-9H,1-2,4,10-11H2,(H,19,22)(H,20,24)(H2,18,25,26)/t17-/m0/s1. The number of primary sulfonamides is 1. The molecule has 1 fully saturated rings. The molecule has 9 nitrogen and oxygen atoms in total. The van der Waals surface area contributed by atoms with E-state index in [0.29, 0.717) is 12.1 Å². The number of carbonyl (C=O) groups is 3. The summed E-state index contributed by atoms with van der Waals surface area (Å²) in [6.45, 7) is -0.433. The molecule has 4 N–H and O–H groups in total. The Balaban J connectivity index is 1.67. The van der Waals surface area contributed by atoms with Crippen LogP contribution in [-0.4, -0.2) is 43.2 Å². The molecule has 2 aliphatic rings. The summed E-state index contributed by atoms with van der Waals surface area (Å²) in [4.78, 5) is 38.0. The zero-order chi connectivity index (χ0) is 19.7. The van der Waals surface area contributed by atoms with Crippen molar-refractivity contribution in [3.8, 4) is 0 Å². The summed E-state index contributed by atoms with van der Waals surface area (Å²) >= 11 is 0. The second kappa shape index (κ2) is 7.12. The van der Waals surface area contributed by atoms with E-state index in [-0.39, 0.29) is 4.90 Å². The van der Waals surface area contributed by atoms with E-state index in [1.54, 1.807) is 6.08 Å². The van der Waals surface area contributed by atoms with E-state index in [0.717, 1.165) is 24.2 Å². The van der Waals surface area contributed by atoms with Crippen LogP contribution in [0.3, 0.4) is 0 Å². The first-order chi connectivity index (χ1) is 12.7. The highest BCUT2D eigenvalue weighted by atomic mass is 32.2. The van der Waals surface area contributed by atoms with Gasteiger partial charge in [0.25, 0.3) is 5.91 Å². The van der Waals surface area contributed by atoms with E-state index >= 15 is 0 Å². The highest BCUT2D eigenvalue weighted by molar-refractivity contribution is 7.89. The molecule has 1 aliphatic carbocycles. The predicted octanol–water partition coefficient (Wildman–Crippen LogP) is 0.693. The number of carbonyl (C=O) groups excluding carboxylic acids is 3. The highest BCUT2D eigenvalue weighted by Gasteiger charge is 2.49. The molecule has 0 radical (unpaired) electrons. The Kier molecular flexibility index (Phi) is 5.03. The zero-order valence-corrected chi connectivity index (χ0v) is 15.3.